The van der Waals surface area contributed by atoms with Crippen molar-refractivity contribution in [1.82, 2.24) is 14.7 Å². The van der Waals surface area contributed by atoms with Crippen LogP contribution in [0.2, 0.25) is 0 Å². The minimum absolute atomic E-state index is 0.159. The van der Waals surface area contributed by atoms with E-state index < -0.39 is 0 Å². The first-order chi connectivity index (χ1) is 16.5. The number of benzene rings is 2. The van der Waals surface area contributed by atoms with Crippen molar-refractivity contribution in [3.05, 3.63) is 76.6 Å². The number of ether oxygens (including phenoxy) is 2. The van der Waals surface area contributed by atoms with Gasteiger partial charge in [-0.3, -0.25) is 14.3 Å². The molecule has 0 aliphatic carbocycles. The molecule has 2 aromatic carbocycles. The lowest BCUT2D eigenvalue weighted by atomic mass is 10.1. The molecule has 0 bridgehead atoms. The Morgan fingerprint density at radius 1 is 1.12 bits per heavy atom. The Balaban J connectivity index is 1.48. The van der Waals surface area contributed by atoms with E-state index in [1.807, 2.05) is 51.1 Å². The van der Waals surface area contributed by atoms with E-state index in [4.69, 9.17) is 9.47 Å². The van der Waals surface area contributed by atoms with Crippen molar-refractivity contribution in [3.63, 3.8) is 0 Å². The Hall–Kier alpha value is -3.65. The van der Waals surface area contributed by atoms with Crippen LogP contribution in [-0.4, -0.2) is 52.8 Å². The molecule has 1 aliphatic heterocycles. The summed E-state index contributed by atoms with van der Waals surface area (Å²) in [6.07, 6.45) is 1.53. The molecule has 1 fully saturated rings. The van der Waals surface area contributed by atoms with E-state index in [0.717, 1.165) is 22.4 Å². The molecule has 0 unspecified atom stereocenters. The molecule has 1 aliphatic rings. The fourth-order valence-corrected chi connectivity index (χ4v) is 3.88. The first-order valence-electron chi connectivity index (χ1n) is 11.5. The number of aromatic nitrogens is 2. The fraction of sp³-hybridized carbons (Fsp3) is 0.346. The lowest BCUT2D eigenvalue weighted by Crippen LogP contribution is -2.41. The minimum atomic E-state index is -0.305. The van der Waals surface area contributed by atoms with Gasteiger partial charge >= 0.3 is 0 Å². The number of aryl methyl sites for hydroxylation is 3. The lowest BCUT2D eigenvalue weighted by Gasteiger charge is -2.27. The van der Waals surface area contributed by atoms with Crippen LogP contribution in [0.3, 0.4) is 0 Å². The van der Waals surface area contributed by atoms with Gasteiger partial charge in [-0.05, 0) is 55.7 Å². The molecule has 4 rings (SSSR count). The van der Waals surface area contributed by atoms with Crippen LogP contribution in [-0.2, 0) is 17.9 Å². The molecule has 34 heavy (non-hydrogen) atoms. The summed E-state index contributed by atoms with van der Waals surface area (Å²) in [6.45, 7) is 8.85. The first-order valence-corrected chi connectivity index (χ1v) is 11.5. The highest BCUT2D eigenvalue weighted by Crippen LogP contribution is 2.22. The van der Waals surface area contributed by atoms with Crippen molar-refractivity contribution in [2.24, 2.45) is 0 Å². The van der Waals surface area contributed by atoms with E-state index >= 15 is 0 Å². The summed E-state index contributed by atoms with van der Waals surface area (Å²) in [6, 6.07) is 13.4. The lowest BCUT2D eigenvalue weighted by molar-refractivity contribution is 0.0295. The highest BCUT2D eigenvalue weighted by molar-refractivity contribution is 6.08. The van der Waals surface area contributed by atoms with Gasteiger partial charge < -0.3 is 19.7 Å². The quantitative estimate of drug-likeness (QED) is 0.577. The third-order valence-corrected chi connectivity index (χ3v) is 5.82. The van der Waals surface area contributed by atoms with Gasteiger partial charge in [-0.1, -0.05) is 24.3 Å². The largest absolute Gasteiger partial charge is 0.489 e. The van der Waals surface area contributed by atoms with Crippen LogP contribution in [0.5, 0.6) is 5.75 Å². The molecule has 3 aromatic rings. The summed E-state index contributed by atoms with van der Waals surface area (Å²) in [4.78, 5) is 27.9. The molecule has 1 saturated heterocycles. The van der Waals surface area contributed by atoms with Crippen LogP contribution in [0.15, 0.2) is 48.7 Å². The highest BCUT2D eigenvalue weighted by Gasteiger charge is 2.26. The standard InChI is InChI=1S/C26H30N4O4/c1-4-30-24(26(32)29-10-12-33-13-11-29)22(16-27-30)28-25(31)21-7-5-6-20(15-21)17-34-23-14-18(2)8-9-19(23)3/h5-9,14-16H,4,10-13,17H2,1-3H3,(H,28,31). The third-order valence-electron chi connectivity index (χ3n) is 5.82. The smallest absolute Gasteiger partial charge is 0.274 e. The molecule has 2 heterocycles. The van der Waals surface area contributed by atoms with Crippen LogP contribution in [0, 0.1) is 13.8 Å². The van der Waals surface area contributed by atoms with E-state index in [1.54, 1.807) is 21.7 Å². The Kier molecular flexibility index (Phi) is 7.27. The van der Waals surface area contributed by atoms with Crippen molar-refractivity contribution in [2.75, 3.05) is 31.6 Å². The van der Waals surface area contributed by atoms with E-state index in [9.17, 15) is 9.59 Å². The summed E-state index contributed by atoms with van der Waals surface area (Å²) < 4.78 is 13.0. The number of anilines is 1. The van der Waals surface area contributed by atoms with Crippen molar-refractivity contribution in [2.45, 2.75) is 33.9 Å². The zero-order chi connectivity index (χ0) is 24.1. The average molecular weight is 463 g/mol. The van der Waals surface area contributed by atoms with Gasteiger partial charge in [0, 0.05) is 25.2 Å². The van der Waals surface area contributed by atoms with Gasteiger partial charge in [0.2, 0.25) is 0 Å². The molecule has 8 nitrogen and oxygen atoms in total. The Morgan fingerprint density at radius 3 is 2.68 bits per heavy atom. The van der Waals surface area contributed by atoms with Gasteiger partial charge in [-0.15, -0.1) is 0 Å². The van der Waals surface area contributed by atoms with Crippen molar-refractivity contribution in [3.8, 4) is 5.75 Å². The second-order valence-corrected chi connectivity index (χ2v) is 8.34. The van der Waals surface area contributed by atoms with Crippen LogP contribution in [0.25, 0.3) is 0 Å². The van der Waals surface area contributed by atoms with Gasteiger partial charge in [0.05, 0.1) is 25.1 Å². The summed E-state index contributed by atoms with van der Waals surface area (Å²) >= 11 is 0. The van der Waals surface area contributed by atoms with E-state index in [1.165, 1.54) is 6.20 Å². The SMILES string of the molecule is CCn1ncc(NC(=O)c2cccc(COc3cc(C)ccc3C)c2)c1C(=O)N1CCOCC1. The maximum Gasteiger partial charge on any atom is 0.274 e. The maximum absolute atomic E-state index is 13.1. The van der Waals surface area contributed by atoms with Crippen molar-refractivity contribution >= 4 is 17.5 Å². The topological polar surface area (TPSA) is 85.7 Å². The second-order valence-electron chi connectivity index (χ2n) is 8.34. The number of hydrogen-bond donors (Lipinski definition) is 1. The van der Waals surface area contributed by atoms with Crippen molar-refractivity contribution in [1.29, 1.82) is 0 Å². The zero-order valence-corrected chi connectivity index (χ0v) is 19.8. The summed E-state index contributed by atoms with van der Waals surface area (Å²) in [5.74, 6) is 0.363. The number of nitrogens with one attached hydrogen (secondary N) is 1. The molecule has 1 N–H and O–H groups in total. The highest BCUT2D eigenvalue weighted by atomic mass is 16.5. The third kappa shape index (κ3) is 5.28. The number of nitrogens with zero attached hydrogens (tertiary/aromatic N) is 3. The Labute approximate surface area is 199 Å². The molecule has 178 valence electrons. The molecule has 0 atom stereocenters. The number of carbonyl (C=O) groups is 2. The molecular formula is C26H30N4O4. The van der Waals surface area contributed by atoms with E-state index in [0.29, 0.717) is 56.4 Å². The molecule has 2 amide bonds. The number of amides is 2. The Morgan fingerprint density at radius 2 is 1.91 bits per heavy atom. The van der Waals surface area contributed by atoms with Crippen LogP contribution < -0.4 is 10.1 Å². The molecule has 0 radical (unpaired) electrons. The first kappa shape index (κ1) is 23.5. The number of rotatable bonds is 7. The van der Waals surface area contributed by atoms with Crippen LogP contribution >= 0.6 is 0 Å². The van der Waals surface area contributed by atoms with Gasteiger partial charge in [0.15, 0.2) is 0 Å². The monoisotopic (exact) mass is 462 g/mol. The molecule has 0 spiro atoms. The molecule has 1 aromatic heterocycles. The predicted octanol–water partition coefficient (Wildman–Crippen LogP) is 3.82. The van der Waals surface area contributed by atoms with Gasteiger partial charge in [-0.25, -0.2) is 0 Å². The van der Waals surface area contributed by atoms with Gasteiger partial charge in [0.25, 0.3) is 11.8 Å². The maximum atomic E-state index is 13.1. The summed E-state index contributed by atoms with van der Waals surface area (Å²) in [7, 11) is 0. The summed E-state index contributed by atoms with van der Waals surface area (Å²) in [5.41, 5.74) is 4.33. The summed E-state index contributed by atoms with van der Waals surface area (Å²) in [5, 5.41) is 7.17. The number of morpholine rings is 1. The van der Waals surface area contributed by atoms with E-state index in [-0.39, 0.29) is 11.8 Å². The fourth-order valence-electron chi connectivity index (χ4n) is 3.88. The molecule has 0 saturated carbocycles. The van der Waals surface area contributed by atoms with Crippen molar-refractivity contribution < 1.29 is 19.1 Å². The average Bonchev–Trinajstić information content (AvgIpc) is 3.27. The Bertz CT molecular complexity index is 1180. The van der Waals surface area contributed by atoms with E-state index in [2.05, 4.69) is 10.4 Å². The number of carbonyl (C=O) groups excluding carboxylic acids is 2. The van der Waals surface area contributed by atoms with Crippen LogP contribution in [0.1, 0.15) is 44.5 Å². The van der Waals surface area contributed by atoms with Gasteiger partial charge in [-0.2, -0.15) is 5.10 Å². The minimum Gasteiger partial charge on any atom is -0.489 e. The van der Waals surface area contributed by atoms with Gasteiger partial charge in [0.1, 0.15) is 18.1 Å². The number of hydrogen-bond acceptors (Lipinski definition) is 5. The molecule has 8 heteroatoms. The normalized spacial score (nSPS) is 13.6. The molecular weight excluding hydrogens is 432 g/mol. The predicted molar refractivity (Wildman–Crippen MR) is 129 cm³/mol. The van der Waals surface area contributed by atoms with Crippen LogP contribution in [0.4, 0.5) is 5.69 Å². The zero-order valence-electron chi connectivity index (χ0n) is 19.8. The second kappa shape index (κ2) is 10.5.